The Bertz CT molecular complexity index is 3830. The number of nitrogens with zero attached hydrogens (tertiary/aromatic N) is 3. The van der Waals surface area contributed by atoms with Crippen LogP contribution in [0.5, 0.6) is 0 Å². The highest BCUT2D eigenvalue weighted by molar-refractivity contribution is 7.92. The van der Waals surface area contributed by atoms with Gasteiger partial charge in [-0.1, -0.05) is 44.2 Å². The first-order chi connectivity index (χ1) is 36.9. The summed E-state index contributed by atoms with van der Waals surface area (Å²) in [6.45, 7) is 6.79. The minimum Gasteiger partial charge on any atom is -0.387 e. The van der Waals surface area contributed by atoms with Crippen LogP contribution in [0.4, 0.5) is 11.4 Å². The first-order valence-corrected chi connectivity index (χ1v) is 32.5. The first kappa shape index (κ1) is 61.2. The Hall–Kier alpha value is -6.38. The second kappa shape index (κ2) is 22.5. The van der Waals surface area contributed by atoms with Gasteiger partial charge in [-0.15, -0.1) is 5.06 Å². The van der Waals surface area contributed by atoms with Crippen molar-refractivity contribution >= 4 is 103 Å². The van der Waals surface area contributed by atoms with Crippen molar-refractivity contribution in [3.05, 3.63) is 106 Å². The second-order valence-corrected chi connectivity index (χ2v) is 28.8. The summed E-state index contributed by atoms with van der Waals surface area (Å²) in [5, 5.41) is 0.702. The standard InChI is InChI=1S/C50H56N4O21S5/c1-49(2)35-14-5-6-15-37(35)52(20-7-9-22-76(61,62)29-39(55)30-12-11-13-31(24-30)78(66,67)68)41(49)26-33-45(51-19-18-44(57)75-54-43(56)28-40(48(54)60)80(72,73)74)34(47(59)46(33)58)27-42-50(3,4)36-25-32(79(69,70)71)16-17-38(36)53(42)21-8-10-23-77(63,64)65/h5-6,11-17,24-25,27,33,40H,7-10,18-23,26,28-29H2,1-4H3,(H4-,51,59,63,64,65,66,67,68,69,70,71,72,73,74)/p+1. The molecule has 7 rings (SSSR count). The summed E-state index contributed by atoms with van der Waals surface area (Å²) < 4.78 is 162. The topological polar surface area (TPSA) is 385 Å². The zero-order chi connectivity index (χ0) is 59.3. The molecule has 0 bridgehead atoms. The summed E-state index contributed by atoms with van der Waals surface area (Å²) in [7, 11) is -23.0. The van der Waals surface area contributed by atoms with E-state index in [9.17, 15) is 89.1 Å². The Kier molecular flexibility index (Phi) is 17.2. The van der Waals surface area contributed by atoms with Gasteiger partial charge in [-0.3, -0.25) is 42.2 Å². The number of benzene rings is 3. The third kappa shape index (κ3) is 13.2. The first-order valence-electron chi connectivity index (χ1n) is 24.7. The van der Waals surface area contributed by atoms with Crippen LogP contribution < -0.4 is 10.2 Å². The fraction of sp³-hybridized carbons (Fsp3) is 0.420. The molecule has 432 valence electrons. The third-order valence-electron chi connectivity index (χ3n) is 14.4. The van der Waals surface area contributed by atoms with Crippen LogP contribution in [-0.2, 0) is 90.0 Å². The maximum absolute atomic E-state index is 14.7. The van der Waals surface area contributed by atoms with Crippen molar-refractivity contribution in [2.24, 2.45) is 5.92 Å². The summed E-state index contributed by atoms with van der Waals surface area (Å²) >= 11 is 0. The monoisotopic (exact) mass is 1210 g/mol. The van der Waals surface area contributed by atoms with E-state index in [2.05, 4.69) is 5.32 Å². The minimum absolute atomic E-state index is 0.0185. The summed E-state index contributed by atoms with van der Waals surface area (Å²) in [5.41, 5.74) is 0.457. The normalized spacial score (nSPS) is 19.8. The largest absolute Gasteiger partial charge is 0.387 e. The Labute approximate surface area is 461 Å². The summed E-state index contributed by atoms with van der Waals surface area (Å²) in [6, 6.07) is 15.3. The molecule has 0 saturated carbocycles. The molecule has 1 saturated heterocycles. The molecule has 5 N–H and O–H groups in total. The number of fused-ring (bicyclic) bond motifs is 2. The zero-order valence-electron chi connectivity index (χ0n) is 43.4. The fourth-order valence-corrected chi connectivity index (χ4v) is 14.0. The molecule has 0 radical (unpaired) electrons. The molecular formula is C50H57N4O21S5+. The highest BCUT2D eigenvalue weighted by atomic mass is 32.2. The number of allylic oxidation sites excluding steroid dienone is 4. The number of rotatable bonds is 24. The van der Waals surface area contributed by atoms with Gasteiger partial charge in [-0.05, 0) is 75.1 Å². The summed E-state index contributed by atoms with van der Waals surface area (Å²) in [5.74, 6) is -10.2. The Balaban J connectivity index is 1.24. The van der Waals surface area contributed by atoms with E-state index in [1.807, 2.05) is 30.6 Å². The number of para-hydroxylation sites is 1. The fourth-order valence-electron chi connectivity index (χ4n) is 10.3. The number of carbonyl (C=O) groups is 6. The van der Waals surface area contributed by atoms with Gasteiger partial charge in [0.1, 0.15) is 12.3 Å². The maximum Gasteiger partial charge on any atom is 0.334 e. The lowest BCUT2D eigenvalue weighted by Gasteiger charge is -2.28. The number of carbonyl (C=O) groups excluding carboxylic acids is 6. The average molecular weight is 1210 g/mol. The molecule has 3 aliphatic heterocycles. The molecule has 2 amide bonds. The molecule has 80 heavy (non-hydrogen) atoms. The average Bonchev–Trinajstić information content (AvgIpc) is 4.12. The van der Waals surface area contributed by atoms with Crippen molar-refractivity contribution in [3.8, 4) is 0 Å². The molecule has 3 aromatic rings. The van der Waals surface area contributed by atoms with Crippen LogP contribution in [0.2, 0.25) is 0 Å². The Morgan fingerprint density at radius 2 is 1.41 bits per heavy atom. The molecule has 3 aromatic carbocycles. The smallest absolute Gasteiger partial charge is 0.334 e. The van der Waals surface area contributed by atoms with Crippen molar-refractivity contribution in [2.45, 2.75) is 98.5 Å². The van der Waals surface area contributed by atoms with Gasteiger partial charge in [-0.25, -0.2) is 13.2 Å². The van der Waals surface area contributed by atoms with Gasteiger partial charge in [0.25, 0.3) is 52.3 Å². The highest BCUT2D eigenvalue weighted by Crippen LogP contribution is 2.50. The molecule has 0 spiro atoms. The third-order valence-corrected chi connectivity index (χ3v) is 19.6. The van der Waals surface area contributed by atoms with E-state index in [1.54, 1.807) is 30.9 Å². The van der Waals surface area contributed by atoms with E-state index in [-0.39, 0.29) is 72.8 Å². The van der Waals surface area contributed by atoms with Crippen LogP contribution in [0, 0.1) is 5.92 Å². The quantitative estimate of drug-likeness (QED) is 0.0215. The van der Waals surface area contributed by atoms with E-state index >= 15 is 0 Å². The Morgan fingerprint density at radius 3 is 2.05 bits per heavy atom. The number of imide groups is 1. The van der Waals surface area contributed by atoms with Crippen LogP contribution >= 0.6 is 0 Å². The zero-order valence-corrected chi connectivity index (χ0v) is 47.5. The van der Waals surface area contributed by atoms with Crippen molar-refractivity contribution in [1.29, 1.82) is 0 Å². The molecular weight excluding hydrogens is 1150 g/mol. The number of anilines is 1. The lowest BCUT2D eigenvalue weighted by Crippen LogP contribution is -2.37. The SMILES string of the molecule is CC1(C)C(=CC2=C(NCCC(=O)ON3C(=O)CC(S(=O)(=O)O)C3=O)C(CC3=[N+](CCCCS(=O)(=O)CC(=O)c4cccc(S(=O)(=O)O)c4)c4ccccc4C3(C)C)C(=O)C2=O)N(CCCCS(=O)(=O)O)c2ccc(S(=O)(=O)O)cc21. The lowest BCUT2D eigenvalue weighted by molar-refractivity contribution is -0.440. The van der Waals surface area contributed by atoms with E-state index in [0.29, 0.717) is 22.6 Å². The number of hydrogen-bond acceptors (Lipinski definition) is 19. The van der Waals surface area contributed by atoms with Gasteiger partial charge in [0, 0.05) is 71.2 Å². The highest BCUT2D eigenvalue weighted by Gasteiger charge is 2.52. The van der Waals surface area contributed by atoms with Crippen molar-refractivity contribution in [2.75, 3.05) is 41.8 Å². The number of sulfone groups is 1. The summed E-state index contributed by atoms with van der Waals surface area (Å²) in [6.07, 6.45) is -0.201. The number of hydroxylamine groups is 2. The van der Waals surface area contributed by atoms with Gasteiger partial charge >= 0.3 is 5.97 Å². The number of unbranched alkanes of at least 4 members (excludes halogenated alkanes) is 2. The van der Waals surface area contributed by atoms with Crippen molar-refractivity contribution < 1.29 is 98.5 Å². The van der Waals surface area contributed by atoms with Gasteiger partial charge in [0.15, 0.2) is 26.6 Å². The van der Waals surface area contributed by atoms with E-state index in [0.717, 1.165) is 23.8 Å². The van der Waals surface area contributed by atoms with Crippen LogP contribution in [0.15, 0.2) is 99.6 Å². The maximum atomic E-state index is 14.7. The molecule has 1 fully saturated rings. The lowest BCUT2D eigenvalue weighted by atomic mass is 9.78. The van der Waals surface area contributed by atoms with Crippen LogP contribution in [0.1, 0.15) is 94.1 Å². The summed E-state index contributed by atoms with van der Waals surface area (Å²) in [4.78, 5) is 86.2. The minimum atomic E-state index is -5.06. The molecule has 3 heterocycles. The Morgan fingerprint density at radius 1 is 0.762 bits per heavy atom. The molecule has 1 aliphatic carbocycles. The number of ketones is 3. The van der Waals surface area contributed by atoms with E-state index in [4.69, 9.17) is 4.84 Å². The van der Waals surface area contributed by atoms with Crippen molar-refractivity contribution in [1.82, 2.24) is 10.4 Å². The second-order valence-electron chi connectivity index (χ2n) is 20.6. The number of hydrogen-bond donors (Lipinski definition) is 5. The van der Waals surface area contributed by atoms with Gasteiger partial charge < -0.3 is 15.1 Å². The van der Waals surface area contributed by atoms with Crippen LogP contribution in [0.3, 0.4) is 0 Å². The molecule has 30 heteroatoms. The predicted molar refractivity (Wildman–Crippen MR) is 284 cm³/mol. The molecule has 2 atom stereocenters. The van der Waals surface area contributed by atoms with Crippen LogP contribution in [0.25, 0.3) is 0 Å². The van der Waals surface area contributed by atoms with E-state index in [1.165, 1.54) is 30.3 Å². The van der Waals surface area contributed by atoms with Crippen LogP contribution in [-0.4, -0.2) is 153 Å². The van der Waals surface area contributed by atoms with E-state index < -0.39 is 154 Å². The van der Waals surface area contributed by atoms with Gasteiger partial charge in [0.2, 0.25) is 17.3 Å². The number of amides is 2. The van der Waals surface area contributed by atoms with Gasteiger partial charge in [-0.2, -0.15) is 38.2 Å². The number of nitrogens with one attached hydrogen (secondary N) is 1. The number of Topliss-reactive ketones (excluding diaryl/α,β-unsaturated/α-hetero) is 3. The molecule has 4 aliphatic rings. The predicted octanol–water partition coefficient (Wildman–Crippen LogP) is 2.85. The molecule has 0 aromatic heterocycles. The molecule has 25 nitrogen and oxygen atoms in total. The molecule has 2 unspecified atom stereocenters. The van der Waals surface area contributed by atoms with Gasteiger partial charge in [0.05, 0.1) is 45.5 Å². The van der Waals surface area contributed by atoms with Crippen molar-refractivity contribution in [3.63, 3.8) is 0 Å².